The van der Waals surface area contributed by atoms with E-state index >= 15 is 0 Å². The average Bonchev–Trinajstić information content (AvgIpc) is 2.58. The second-order valence-electron chi connectivity index (χ2n) is 6.87. The monoisotopic (exact) mass is 389 g/mol. The normalized spacial score (nSPS) is 11.5. The Balaban J connectivity index is 0. The van der Waals surface area contributed by atoms with Crippen molar-refractivity contribution >= 4 is 5.97 Å². The van der Waals surface area contributed by atoms with Crippen molar-refractivity contribution in [1.82, 2.24) is 4.90 Å². The van der Waals surface area contributed by atoms with Crippen molar-refractivity contribution in [2.45, 2.75) is 90.9 Å². The molecule has 0 aliphatic carbocycles. The molecule has 0 fully saturated rings. The number of carboxylic acids is 1. The number of hydrogen-bond donors (Lipinski definition) is 0. The molecule has 26 heavy (non-hydrogen) atoms. The first-order valence-electron chi connectivity index (χ1n) is 10.4. The maximum atomic E-state index is 10.9. The number of carbonyl (C=O) groups is 1. The van der Waals surface area contributed by atoms with E-state index in [1.165, 1.54) is 51.4 Å². The Morgan fingerprint density at radius 3 is 1.46 bits per heavy atom. The molecule has 146 valence electrons. The van der Waals surface area contributed by atoms with Crippen molar-refractivity contribution in [1.29, 1.82) is 0 Å². The van der Waals surface area contributed by atoms with Crippen LogP contribution >= 0.6 is 0 Å². The molecule has 0 rings (SSSR count). The fourth-order valence-electron chi connectivity index (χ4n) is 2.81. The van der Waals surface area contributed by atoms with Crippen LogP contribution in [0.3, 0.4) is 0 Å². The van der Waals surface area contributed by atoms with Crippen molar-refractivity contribution in [2.75, 3.05) is 19.6 Å². The molecule has 0 spiro atoms. The van der Waals surface area contributed by atoms with E-state index in [0.717, 1.165) is 38.8 Å². The van der Waals surface area contributed by atoms with Gasteiger partial charge in [-0.1, -0.05) is 63.8 Å². The van der Waals surface area contributed by atoms with E-state index in [4.69, 9.17) is 0 Å². The Kier molecular flexibility index (Phi) is 26.1. The van der Waals surface area contributed by atoms with Gasteiger partial charge in [0.25, 0.3) is 0 Å². The number of hydrogen-bond acceptors (Lipinski definition) is 3. The minimum Gasteiger partial charge on any atom is -0.549 e. The van der Waals surface area contributed by atoms with E-state index in [9.17, 15) is 9.90 Å². The molecule has 0 heterocycles. The van der Waals surface area contributed by atoms with Crippen LogP contribution in [-0.4, -0.2) is 30.5 Å². The summed E-state index contributed by atoms with van der Waals surface area (Å²) < 4.78 is 0. The second-order valence-corrected chi connectivity index (χ2v) is 6.87. The molecular formula is C22H40KNO2. The number of carbonyl (C=O) groups excluding carboxylic acids is 1. The Bertz CT molecular complexity index is 330. The molecule has 0 amide bonds. The summed E-state index contributed by atoms with van der Waals surface area (Å²) in [5.74, 6) is -0.967. The van der Waals surface area contributed by atoms with Gasteiger partial charge in [-0.25, -0.2) is 0 Å². The van der Waals surface area contributed by atoms with Gasteiger partial charge in [0, 0.05) is 6.54 Å². The third kappa shape index (κ3) is 22.6. The molecule has 3 nitrogen and oxygen atoms in total. The molecule has 0 bridgehead atoms. The summed E-state index contributed by atoms with van der Waals surface area (Å²) in [6.45, 7) is 6.18. The van der Waals surface area contributed by atoms with Crippen LogP contribution in [0.15, 0.2) is 24.3 Å². The molecule has 0 N–H and O–H groups in total. The van der Waals surface area contributed by atoms with Crippen molar-refractivity contribution in [3.05, 3.63) is 24.3 Å². The van der Waals surface area contributed by atoms with Crippen LogP contribution < -0.4 is 56.5 Å². The zero-order chi connectivity index (χ0) is 18.6. The first-order valence-corrected chi connectivity index (χ1v) is 10.4. The minimum absolute atomic E-state index is 0. The molecule has 0 aromatic rings. The average molecular weight is 390 g/mol. The molecule has 0 aromatic heterocycles. The molecule has 0 saturated heterocycles. The van der Waals surface area contributed by atoms with Crippen molar-refractivity contribution < 1.29 is 61.3 Å². The summed E-state index contributed by atoms with van der Waals surface area (Å²) >= 11 is 0. The molecule has 0 aromatic carbocycles. The maximum Gasteiger partial charge on any atom is 1.00 e. The van der Waals surface area contributed by atoms with Gasteiger partial charge in [0.1, 0.15) is 0 Å². The number of rotatable bonds is 18. The van der Waals surface area contributed by atoms with E-state index in [2.05, 4.69) is 38.2 Å². The summed E-state index contributed by atoms with van der Waals surface area (Å²) in [6.07, 6.45) is 23.1. The Hall–Kier alpha value is 0.546. The van der Waals surface area contributed by atoms with Gasteiger partial charge in [0.05, 0.1) is 5.97 Å². The summed E-state index contributed by atoms with van der Waals surface area (Å²) in [4.78, 5) is 12.9. The fraction of sp³-hybridized carbons (Fsp3) is 0.773. The second kappa shape index (κ2) is 23.6. The predicted molar refractivity (Wildman–Crippen MR) is 106 cm³/mol. The van der Waals surface area contributed by atoms with E-state index in [-0.39, 0.29) is 57.9 Å². The zero-order valence-electron chi connectivity index (χ0n) is 17.7. The van der Waals surface area contributed by atoms with Crippen LogP contribution in [0.4, 0.5) is 0 Å². The Labute approximate surface area is 205 Å². The van der Waals surface area contributed by atoms with Gasteiger partial charge in [-0.15, -0.1) is 0 Å². The first-order chi connectivity index (χ1) is 12.2. The summed E-state index contributed by atoms with van der Waals surface area (Å²) in [5, 5.41) is 10.9. The van der Waals surface area contributed by atoms with Crippen LogP contribution in [0, 0.1) is 0 Å². The summed E-state index contributed by atoms with van der Waals surface area (Å²) in [7, 11) is 0. The van der Waals surface area contributed by atoms with Crippen molar-refractivity contribution in [2.24, 2.45) is 0 Å². The summed E-state index contributed by atoms with van der Waals surface area (Å²) in [5.41, 5.74) is 0. The molecule has 0 radical (unpaired) electrons. The number of unbranched alkanes of at least 4 members (excludes halogenated alkanes) is 8. The van der Waals surface area contributed by atoms with Gasteiger partial charge in [-0.3, -0.25) is 4.90 Å². The van der Waals surface area contributed by atoms with E-state index in [1.807, 2.05) is 4.90 Å². The maximum absolute atomic E-state index is 10.9. The number of aliphatic carboxylic acids is 1. The van der Waals surface area contributed by atoms with Gasteiger partial charge < -0.3 is 9.90 Å². The van der Waals surface area contributed by atoms with Crippen LogP contribution in [-0.2, 0) is 4.79 Å². The van der Waals surface area contributed by atoms with Crippen LogP contribution in [0.25, 0.3) is 0 Å². The van der Waals surface area contributed by atoms with E-state index < -0.39 is 5.97 Å². The van der Waals surface area contributed by atoms with Gasteiger partial charge in [0.2, 0.25) is 0 Å². The smallest absolute Gasteiger partial charge is 0.549 e. The van der Waals surface area contributed by atoms with Gasteiger partial charge in [-0.2, -0.15) is 0 Å². The molecule has 0 aliphatic rings. The number of nitrogens with zero attached hydrogens (tertiary/aromatic N) is 1. The molecule has 4 heteroatoms. The topological polar surface area (TPSA) is 43.4 Å². The largest absolute Gasteiger partial charge is 1.00 e. The minimum atomic E-state index is -0.967. The third-order valence-corrected chi connectivity index (χ3v) is 4.32. The van der Waals surface area contributed by atoms with Gasteiger partial charge >= 0.3 is 51.4 Å². The Morgan fingerprint density at radius 2 is 1.12 bits per heavy atom. The first kappa shape index (κ1) is 28.8. The van der Waals surface area contributed by atoms with Crippen LogP contribution in [0.5, 0.6) is 0 Å². The van der Waals surface area contributed by atoms with E-state index in [0.29, 0.717) is 0 Å². The number of carboxylic acid groups (broad SMARTS) is 1. The quantitative estimate of drug-likeness (QED) is 0.204. The van der Waals surface area contributed by atoms with Crippen molar-refractivity contribution in [3.8, 4) is 0 Å². The Morgan fingerprint density at radius 1 is 0.731 bits per heavy atom. The molecule has 0 aliphatic heterocycles. The standard InChI is InChI=1S/C22H41NO2.K/c1-3-5-7-9-11-13-15-17-19-23(21-22(24)25)20-18-16-14-12-10-8-6-4-2;/h11-14H,3-10,15-21H2,1-2H3,(H,24,25);/q;+1/p-1/b13-11+,14-12+;. The molecule has 0 saturated carbocycles. The van der Waals surface area contributed by atoms with Gasteiger partial charge in [-0.05, 0) is 64.5 Å². The summed E-state index contributed by atoms with van der Waals surface area (Å²) in [6, 6.07) is 0. The van der Waals surface area contributed by atoms with E-state index in [1.54, 1.807) is 0 Å². The molecule has 0 unspecified atom stereocenters. The SMILES string of the molecule is CCCCC/C=C/CCCN(CCC/C=C/CCCCC)CC(=O)[O-].[K+]. The van der Waals surface area contributed by atoms with Crippen LogP contribution in [0.1, 0.15) is 90.9 Å². The third-order valence-electron chi connectivity index (χ3n) is 4.32. The van der Waals surface area contributed by atoms with Crippen molar-refractivity contribution in [3.63, 3.8) is 0 Å². The fourth-order valence-corrected chi connectivity index (χ4v) is 2.81. The molecule has 0 atom stereocenters. The number of allylic oxidation sites excluding steroid dienone is 4. The zero-order valence-corrected chi connectivity index (χ0v) is 20.8. The van der Waals surface area contributed by atoms with Crippen LogP contribution in [0.2, 0.25) is 0 Å². The van der Waals surface area contributed by atoms with Gasteiger partial charge in [0.15, 0.2) is 0 Å². The predicted octanol–water partition coefficient (Wildman–Crippen LogP) is 1.88. The molecular weight excluding hydrogens is 349 g/mol.